The first kappa shape index (κ1) is 12.8. The lowest BCUT2D eigenvalue weighted by Crippen LogP contribution is -2.36. The van der Waals surface area contributed by atoms with Crippen LogP contribution in [0, 0.1) is 0 Å². The summed E-state index contributed by atoms with van der Waals surface area (Å²) in [4.78, 5) is 23.7. The molecule has 0 saturated heterocycles. The number of benzene rings is 1. The molecule has 0 atom stereocenters. The molecule has 18 heavy (non-hydrogen) atoms. The molecule has 0 aromatic heterocycles. The van der Waals surface area contributed by atoms with Gasteiger partial charge in [-0.1, -0.05) is 25.5 Å². The van der Waals surface area contributed by atoms with Crippen LogP contribution in [0.5, 0.6) is 0 Å². The van der Waals surface area contributed by atoms with Crippen LogP contribution >= 0.6 is 0 Å². The van der Waals surface area contributed by atoms with Gasteiger partial charge in [0.2, 0.25) is 5.91 Å². The molecule has 1 aromatic carbocycles. The average Bonchev–Trinajstić information content (AvgIpc) is 2.55. The van der Waals surface area contributed by atoms with Crippen LogP contribution in [-0.4, -0.2) is 24.5 Å². The van der Waals surface area contributed by atoms with Crippen LogP contribution in [0.2, 0.25) is 0 Å². The summed E-state index contributed by atoms with van der Waals surface area (Å²) < 4.78 is 24.6. The zero-order valence-corrected chi connectivity index (χ0v) is 10.7. The first-order valence-electron chi connectivity index (χ1n) is 5.71. The van der Waals surface area contributed by atoms with Gasteiger partial charge in [0.25, 0.3) is 15.9 Å². The Morgan fingerprint density at radius 1 is 1.28 bits per heavy atom. The lowest BCUT2D eigenvalue weighted by Gasteiger charge is -2.12. The van der Waals surface area contributed by atoms with Crippen LogP contribution in [-0.2, 0) is 14.8 Å². The predicted octanol–water partition coefficient (Wildman–Crippen LogP) is 1.55. The Kier molecular flexibility index (Phi) is 3.21. The largest absolute Gasteiger partial charge is 0.276 e. The minimum atomic E-state index is -3.99. The van der Waals surface area contributed by atoms with E-state index < -0.39 is 21.8 Å². The minimum absolute atomic E-state index is 0.0649. The van der Waals surface area contributed by atoms with Gasteiger partial charge in [0.1, 0.15) is 4.90 Å². The number of nitrogens with zero attached hydrogens (tertiary/aromatic N) is 1. The van der Waals surface area contributed by atoms with Crippen molar-refractivity contribution >= 4 is 21.8 Å². The molecule has 1 aliphatic heterocycles. The van der Waals surface area contributed by atoms with Crippen LogP contribution in [0.1, 0.15) is 36.5 Å². The van der Waals surface area contributed by atoms with Gasteiger partial charge < -0.3 is 0 Å². The summed E-state index contributed by atoms with van der Waals surface area (Å²) in [6, 6.07) is 5.87. The number of hydrogen-bond donors (Lipinski definition) is 0. The summed E-state index contributed by atoms with van der Waals surface area (Å²) >= 11 is 0. The molecule has 0 unspecified atom stereocenters. The fraction of sp³-hybridized carbons (Fsp3) is 0.333. The van der Waals surface area contributed by atoms with Gasteiger partial charge in [-0.05, 0) is 18.6 Å². The van der Waals surface area contributed by atoms with Crippen LogP contribution in [0.15, 0.2) is 29.2 Å². The number of carbonyl (C=O) groups excluding carboxylic acids is 2. The molecule has 1 heterocycles. The SMILES string of the molecule is CCCCC(=O)N1C(=O)c2ccccc2S1(=O)=O. The smallest absolute Gasteiger partial charge is 0.273 e. The Balaban J connectivity index is 2.42. The van der Waals surface area contributed by atoms with Gasteiger partial charge >= 0.3 is 0 Å². The van der Waals surface area contributed by atoms with Crippen molar-refractivity contribution in [3.63, 3.8) is 0 Å². The van der Waals surface area contributed by atoms with Crippen LogP contribution in [0.25, 0.3) is 0 Å². The van der Waals surface area contributed by atoms with E-state index in [0.29, 0.717) is 10.7 Å². The van der Waals surface area contributed by atoms with Crippen LogP contribution in [0.3, 0.4) is 0 Å². The molecule has 6 heteroatoms. The number of amides is 2. The summed E-state index contributed by atoms with van der Waals surface area (Å²) in [6.07, 6.45) is 1.39. The maximum absolute atomic E-state index is 12.1. The summed E-state index contributed by atoms with van der Waals surface area (Å²) in [6.45, 7) is 1.89. The van der Waals surface area contributed by atoms with E-state index in [1.165, 1.54) is 18.2 Å². The second kappa shape index (κ2) is 4.53. The van der Waals surface area contributed by atoms with E-state index in [0.717, 1.165) is 6.42 Å². The lowest BCUT2D eigenvalue weighted by molar-refractivity contribution is -0.124. The Bertz CT molecular complexity index is 606. The molecule has 5 nitrogen and oxygen atoms in total. The molecular formula is C12H13NO4S. The van der Waals surface area contributed by atoms with E-state index in [-0.39, 0.29) is 16.9 Å². The molecule has 0 bridgehead atoms. The predicted molar refractivity (Wildman–Crippen MR) is 64.3 cm³/mol. The molecular weight excluding hydrogens is 254 g/mol. The van der Waals surface area contributed by atoms with Crippen molar-refractivity contribution in [1.82, 2.24) is 4.31 Å². The highest BCUT2D eigenvalue weighted by atomic mass is 32.2. The zero-order valence-electron chi connectivity index (χ0n) is 9.92. The van der Waals surface area contributed by atoms with Gasteiger partial charge in [-0.2, -0.15) is 4.31 Å². The Morgan fingerprint density at radius 3 is 2.56 bits per heavy atom. The number of fused-ring (bicyclic) bond motifs is 1. The molecule has 2 rings (SSSR count). The molecule has 0 N–H and O–H groups in total. The van der Waals surface area contributed by atoms with E-state index >= 15 is 0 Å². The standard InChI is InChI=1S/C12H13NO4S/c1-2-3-8-11(14)13-12(15)9-6-4-5-7-10(9)18(13,16)17/h4-7H,2-3,8H2,1H3. The van der Waals surface area contributed by atoms with E-state index in [1.807, 2.05) is 6.92 Å². The van der Waals surface area contributed by atoms with Crippen molar-refractivity contribution in [3.8, 4) is 0 Å². The Labute approximate surface area is 105 Å². The highest BCUT2D eigenvalue weighted by Crippen LogP contribution is 2.30. The Morgan fingerprint density at radius 2 is 1.94 bits per heavy atom. The number of sulfonamides is 1. The summed E-state index contributed by atoms with van der Waals surface area (Å²) in [5.41, 5.74) is 0.0716. The van der Waals surface area contributed by atoms with Crippen molar-refractivity contribution in [3.05, 3.63) is 29.8 Å². The maximum Gasteiger partial charge on any atom is 0.276 e. The first-order valence-corrected chi connectivity index (χ1v) is 7.15. The molecule has 0 fully saturated rings. The molecule has 96 valence electrons. The van der Waals surface area contributed by atoms with E-state index in [4.69, 9.17) is 0 Å². The minimum Gasteiger partial charge on any atom is -0.273 e. The number of rotatable bonds is 3. The third kappa shape index (κ3) is 1.82. The second-order valence-electron chi connectivity index (χ2n) is 4.07. The number of imide groups is 1. The first-order chi connectivity index (χ1) is 8.50. The molecule has 0 aliphatic carbocycles. The number of unbranched alkanes of at least 4 members (excludes halogenated alkanes) is 1. The van der Waals surface area contributed by atoms with E-state index in [9.17, 15) is 18.0 Å². The molecule has 1 aliphatic rings. The summed E-state index contributed by atoms with van der Waals surface area (Å²) in [5.74, 6) is -1.40. The fourth-order valence-corrected chi connectivity index (χ4v) is 3.42. The van der Waals surface area contributed by atoms with Gasteiger partial charge in [-0.3, -0.25) is 9.59 Å². The van der Waals surface area contributed by atoms with E-state index in [2.05, 4.69) is 0 Å². The normalized spacial score (nSPS) is 16.7. The number of hydrogen-bond acceptors (Lipinski definition) is 4. The van der Waals surface area contributed by atoms with Gasteiger partial charge in [0.05, 0.1) is 5.56 Å². The molecule has 0 saturated carbocycles. The van der Waals surface area contributed by atoms with Gasteiger partial charge in [-0.25, -0.2) is 8.42 Å². The lowest BCUT2D eigenvalue weighted by atomic mass is 10.2. The van der Waals surface area contributed by atoms with Crippen molar-refractivity contribution in [2.24, 2.45) is 0 Å². The average molecular weight is 267 g/mol. The maximum atomic E-state index is 12.1. The second-order valence-corrected chi connectivity index (χ2v) is 5.82. The summed E-state index contributed by atoms with van der Waals surface area (Å²) in [7, 11) is -3.99. The van der Waals surface area contributed by atoms with Crippen molar-refractivity contribution < 1.29 is 18.0 Å². The quantitative estimate of drug-likeness (QED) is 0.833. The van der Waals surface area contributed by atoms with Gasteiger partial charge in [0.15, 0.2) is 0 Å². The van der Waals surface area contributed by atoms with Gasteiger partial charge in [-0.15, -0.1) is 0 Å². The summed E-state index contributed by atoms with van der Waals surface area (Å²) in [5, 5.41) is 0. The van der Waals surface area contributed by atoms with Crippen LogP contribution in [0.4, 0.5) is 0 Å². The third-order valence-electron chi connectivity index (χ3n) is 2.79. The van der Waals surface area contributed by atoms with E-state index in [1.54, 1.807) is 6.07 Å². The van der Waals surface area contributed by atoms with Crippen molar-refractivity contribution in [2.75, 3.05) is 0 Å². The molecule has 2 amide bonds. The number of carbonyl (C=O) groups is 2. The monoisotopic (exact) mass is 267 g/mol. The highest BCUT2D eigenvalue weighted by Gasteiger charge is 2.44. The zero-order chi connectivity index (χ0) is 13.3. The third-order valence-corrected chi connectivity index (χ3v) is 4.55. The molecule has 0 radical (unpaired) electrons. The van der Waals surface area contributed by atoms with Crippen LogP contribution < -0.4 is 0 Å². The molecule has 0 spiro atoms. The topological polar surface area (TPSA) is 71.5 Å². The fourth-order valence-electron chi connectivity index (χ4n) is 1.86. The van der Waals surface area contributed by atoms with Crippen molar-refractivity contribution in [2.45, 2.75) is 31.1 Å². The molecule has 1 aromatic rings. The van der Waals surface area contributed by atoms with Crippen molar-refractivity contribution in [1.29, 1.82) is 0 Å². The Hall–Kier alpha value is -1.69. The van der Waals surface area contributed by atoms with Gasteiger partial charge in [0, 0.05) is 6.42 Å². The highest BCUT2D eigenvalue weighted by molar-refractivity contribution is 7.90.